The maximum atomic E-state index is 12.6. The molecular weight excluding hydrogens is 546 g/mol. The van der Waals surface area contributed by atoms with Crippen molar-refractivity contribution in [3.05, 3.63) is 53.6 Å². The SMILES string of the molecule is COc1cc(NC(=S)NC(=O)c2ccc(C(C)(C)C)cc2)ccc1NC(=O)CCCCC1SCC2NC(=O)NC21. The van der Waals surface area contributed by atoms with E-state index < -0.39 is 0 Å². The Balaban J connectivity index is 1.22. The molecule has 3 atom stereocenters. The van der Waals surface area contributed by atoms with E-state index in [0.717, 1.165) is 30.6 Å². The molecule has 11 heteroatoms. The first kappa shape index (κ1) is 29.7. The minimum atomic E-state index is -0.301. The number of rotatable bonds is 9. The summed E-state index contributed by atoms with van der Waals surface area (Å²) in [5.41, 5.74) is 2.83. The standard InChI is InChI=1S/C29H37N5O4S2/c1-29(2,3)18-11-9-17(10-12-18)26(36)34-28(39)30-19-13-14-20(22(15-19)38-4)31-24(35)8-6-5-7-23-25-21(16-40-23)32-27(37)33-25/h9-15,21,23,25H,5-8,16H2,1-4H3,(H,31,35)(H2,32,33,37)(H2,30,34,36,39). The molecule has 0 aromatic heterocycles. The molecule has 0 spiro atoms. The Morgan fingerprint density at radius 1 is 1.07 bits per heavy atom. The fourth-order valence-electron chi connectivity index (χ4n) is 4.82. The molecule has 3 unspecified atom stereocenters. The number of methoxy groups -OCH3 is 1. The molecule has 2 saturated heterocycles. The van der Waals surface area contributed by atoms with Crippen molar-refractivity contribution in [3.63, 3.8) is 0 Å². The number of unbranched alkanes of at least 4 members (excludes halogenated alkanes) is 1. The smallest absolute Gasteiger partial charge is 0.315 e. The van der Waals surface area contributed by atoms with Gasteiger partial charge in [0.05, 0.1) is 24.9 Å². The van der Waals surface area contributed by atoms with Crippen molar-refractivity contribution in [2.45, 2.75) is 69.2 Å². The molecule has 214 valence electrons. The Labute approximate surface area is 245 Å². The molecule has 40 heavy (non-hydrogen) atoms. The van der Waals surface area contributed by atoms with Crippen molar-refractivity contribution in [2.75, 3.05) is 23.5 Å². The highest BCUT2D eigenvalue weighted by Crippen LogP contribution is 2.33. The van der Waals surface area contributed by atoms with Gasteiger partial charge < -0.3 is 26.0 Å². The lowest BCUT2D eigenvalue weighted by Crippen LogP contribution is -2.36. The second-order valence-electron chi connectivity index (χ2n) is 11.1. The summed E-state index contributed by atoms with van der Waals surface area (Å²) in [6.45, 7) is 6.36. The first-order chi connectivity index (χ1) is 19.0. The van der Waals surface area contributed by atoms with Crippen LogP contribution in [0.4, 0.5) is 16.2 Å². The largest absolute Gasteiger partial charge is 0.494 e. The summed E-state index contributed by atoms with van der Waals surface area (Å²) in [6, 6.07) is 13.0. The number of fused-ring (bicyclic) bond motifs is 1. The number of urea groups is 1. The Kier molecular flexibility index (Phi) is 9.57. The van der Waals surface area contributed by atoms with E-state index in [9.17, 15) is 14.4 Å². The number of ether oxygens (including phenoxy) is 1. The lowest BCUT2D eigenvalue weighted by molar-refractivity contribution is -0.116. The van der Waals surface area contributed by atoms with Crippen molar-refractivity contribution in [3.8, 4) is 5.75 Å². The van der Waals surface area contributed by atoms with Crippen LogP contribution in [-0.2, 0) is 10.2 Å². The van der Waals surface area contributed by atoms with Crippen LogP contribution in [0.5, 0.6) is 5.75 Å². The lowest BCUT2D eigenvalue weighted by Gasteiger charge is -2.19. The average Bonchev–Trinajstić information content (AvgIpc) is 3.46. The van der Waals surface area contributed by atoms with Crippen molar-refractivity contribution in [1.82, 2.24) is 16.0 Å². The van der Waals surface area contributed by atoms with Crippen LogP contribution in [0.2, 0.25) is 0 Å². The Hall–Kier alpha value is -3.31. The van der Waals surface area contributed by atoms with Gasteiger partial charge >= 0.3 is 6.03 Å². The van der Waals surface area contributed by atoms with Gasteiger partial charge in [-0.3, -0.25) is 14.9 Å². The highest BCUT2D eigenvalue weighted by Gasteiger charge is 2.42. The number of anilines is 2. The van der Waals surface area contributed by atoms with Crippen molar-refractivity contribution < 1.29 is 19.1 Å². The number of carbonyl (C=O) groups excluding carboxylic acids is 3. The topological polar surface area (TPSA) is 121 Å². The minimum Gasteiger partial charge on any atom is -0.494 e. The van der Waals surface area contributed by atoms with Crippen LogP contribution in [0, 0.1) is 0 Å². The van der Waals surface area contributed by atoms with Crippen LogP contribution in [0.15, 0.2) is 42.5 Å². The Morgan fingerprint density at radius 3 is 2.52 bits per heavy atom. The van der Waals surface area contributed by atoms with Gasteiger partial charge in [-0.15, -0.1) is 0 Å². The van der Waals surface area contributed by atoms with Crippen LogP contribution in [0.25, 0.3) is 0 Å². The summed E-state index contributed by atoms with van der Waals surface area (Å²) < 4.78 is 5.47. The van der Waals surface area contributed by atoms with Crippen LogP contribution in [0.1, 0.15) is 62.4 Å². The van der Waals surface area contributed by atoms with Gasteiger partial charge in [-0.05, 0) is 60.3 Å². The molecule has 0 bridgehead atoms. The van der Waals surface area contributed by atoms with Gasteiger partial charge in [0.25, 0.3) is 5.91 Å². The molecule has 9 nitrogen and oxygen atoms in total. The van der Waals surface area contributed by atoms with Crippen LogP contribution < -0.4 is 31.3 Å². The number of thioether (sulfide) groups is 1. The van der Waals surface area contributed by atoms with E-state index >= 15 is 0 Å². The van der Waals surface area contributed by atoms with Crippen LogP contribution in [-0.4, -0.2) is 53.2 Å². The molecule has 2 fully saturated rings. The molecule has 2 aliphatic rings. The third-order valence-electron chi connectivity index (χ3n) is 7.05. The zero-order valence-corrected chi connectivity index (χ0v) is 24.9. The molecule has 2 aliphatic heterocycles. The summed E-state index contributed by atoms with van der Waals surface area (Å²) in [5, 5.41) is 15.1. The van der Waals surface area contributed by atoms with E-state index in [1.807, 2.05) is 23.9 Å². The van der Waals surface area contributed by atoms with E-state index in [-0.39, 0.29) is 40.5 Å². The highest BCUT2D eigenvalue weighted by molar-refractivity contribution is 8.00. The molecule has 4 rings (SSSR count). The zero-order chi connectivity index (χ0) is 28.9. The second kappa shape index (κ2) is 12.9. The summed E-state index contributed by atoms with van der Waals surface area (Å²) in [7, 11) is 1.53. The van der Waals surface area contributed by atoms with Gasteiger partial charge in [-0.1, -0.05) is 39.3 Å². The van der Waals surface area contributed by atoms with E-state index in [0.29, 0.717) is 34.4 Å². The molecule has 5 N–H and O–H groups in total. The first-order valence-corrected chi connectivity index (χ1v) is 14.9. The number of amides is 4. The quantitative estimate of drug-likeness (QED) is 0.164. The number of thiocarbonyl (C=S) groups is 1. The maximum absolute atomic E-state index is 12.6. The Bertz CT molecular complexity index is 1260. The molecule has 0 aliphatic carbocycles. The molecule has 2 heterocycles. The molecular formula is C29H37N5O4S2. The number of hydrogen-bond acceptors (Lipinski definition) is 6. The number of benzene rings is 2. The maximum Gasteiger partial charge on any atom is 0.315 e. The van der Waals surface area contributed by atoms with E-state index in [2.05, 4.69) is 47.4 Å². The lowest BCUT2D eigenvalue weighted by atomic mass is 9.87. The predicted octanol–water partition coefficient (Wildman–Crippen LogP) is 4.78. The number of hydrogen-bond donors (Lipinski definition) is 5. The predicted molar refractivity (Wildman–Crippen MR) is 164 cm³/mol. The van der Waals surface area contributed by atoms with Gasteiger partial charge in [0.1, 0.15) is 5.75 Å². The summed E-state index contributed by atoms with van der Waals surface area (Å²) in [5.74, 6) is 1.02. The first-order valence-electron chi connectivity index (χ1n) is 13.4. The number of nitrogens with one attached hydrogen (secondary N) is 5. The summed E-state index contributed by atoms with van der Waals surface area (Å²) in [4.78, 5) is 36.7. The van der Waals surface area contributed by atoms with Crippen molar-refractivity contribution in [2.24, 2.45) is 0 Å². The van der Waals surface area contributed by atoms with Gasteiger partial charge in [0, 0.05) is 34.7 Å². The summed E-state index contributed by atoms with van der Waals surface area (Å²) >= 11 is 7.21. The van der Waals surface area contributed by atoms with Gasteiger partial charge in [0.2, 0.25) is 5.91 Å². The van der Waals surface area contributed by atoms with Crippen molar-refractivity contribution >= 4 is 58.3 Å². The molecule has 4 amide bonds. The second-order valence-corrected chi connectivity index (χ2v) is 12.7. The third kappa shape index (κ3) is 7.66. The van der Waals surface area contributed by atoms with E-state index in [4.69, 9.17) is 17.0 Å². The van der Waals surface area contributed by atoms with Gasteiger partial charge in [-0.2, -0.15) is 11.8 Å². The highest BCUT2D eigenvalue weighted by atomic mass is 32.2. The fourth-order valence-corrected chi connectivity index (χ4v) is 6.57. The van der Waals surface area contributed by atoms with Crippen LogP contribution in [0.3, 0.4) is 0 Å². The van der Waals surface area contributed by atoms with E-state index in [1.54, 1.807) is 30.3 Å². The molecule has 2 aromatic carbocycles. The molecule has 2 aromatic rings. The Morgan fingerprint density at radius 2 is 1.82 bits per heavy atom. The normalized spacial score (nSPS) is 19.7. The van der Waals surface area contributed by atoms with Gasteiger partial charge in [0.15, 0.2) is 5.11 Å². The van der Waals surface area contributed by atoms with Gasteiger partial charge in [-0.25, -0.2) is 4.79 Å². The molecule has 0 radical (unpaired) electrons. The zero-order valence-electron chi connectivity index (χ0n) is 23.3. The summed E-state index contributed by atoms with van der Waals surface area (Å²) in [6.07, 6.45) is 3.03. The van der Waals surface area contributed by atoms with Crippen LogP contribution >= 0.6 is 24.0 Å². The average molecular weight is 584 g/mol. The third-order valence-corrected chi connectivity index (χ3v) is 8.77. The number of carbonyl (C=O) groups is 3. The minimum absolute atomic E-state index is 0.00365. The monoisotopic (exact) mass is 583 g/mol. The van der Waals surface area contributed by atoms with E-state index in [1.165, 1.54) is 7.11 Å². The van der Waals surface area contributed by atoms with Crippen molar-refractivity contribution in [1.29, 1.82) is 0 Å². The fraction of sp³-hybridized carbons (Fsp3) is 0.448. The molecule has 0 saturated carbocycles.